The lowest BCUT2D eigenvalue weighted by molar-refractivity contribution is -0.139. The van der Waals surface area contributed by atoms with Gasteiger partial charge in [-0.15, -0.1) is 0 Å². The van der Waals surface area contributed by atoms with Crippen molar-refractivity contribution >= 4 is 59.3 Å². The second-order valence-corrected chi connectivity index (χ2v) is 11.4. The normalized spacial score (nSPS) is 17.7. The monoisotopic (exact) mass is 618 g/mol. The molecule has 0 spiro atoms. The number of carbonyl (C=O) groups excluding carboxylic acids is 2. The number of sulfonamides is 1. The van der Waals surface area contributed by atoms with E-state index in [1.54, 1.807) is 60.7 Å². The molecule has 1 amide bonds. The van der Waals surface area contributed by atoms with E-state index in [0.29, 0.717) is 17.5 Å². The number of primary sulfonamides is 1. The van der Waals surface area contributed by atoms with Crippen molar-refractivity contribution < 1.29 is 23.1 Å². The minimum atomic E-state index is -3.81. The predicted octanol–water partition coefficient (Wildman–Crippen LogP) is 4.52. The molecular weight excluding hydrogens is 600 g/mol. The molecule has 0 aromatic heterocycles. The molecule has 1 aliphatic rings. The van der Waals surface area contributed by atoms with Crippen molar-refractivity contribution in [2.24, 2.45) is 5.14 Å². The maximum Gasteiger partial charge on any atom is 0.295 e. The van der Waals surface area contributed by atoms with Crippen LogP contribution in [0.3, 0.4) is 0 Å². The Kier molecular flexibility index (Phi) is 7.27. The number of aliphatic hydroxyl groups is 1. The van der Waals surface area contributed by atoms with Crippen molar-refractivity contribution in [3.63, 3.8) is 0 Å². The molecule has 180 valence electrons. The zero-order valence-corrected chi connectivity index (χ0v) is 22.2. The van der Waals surface area contributed by atoms with Crippen LogP contribution in [-0.2, 0) is 26.0 Å². The molecule has 0 aliphatic carbocycles. The van der Waals surface area contributed by atoms with Crippen LogP contribution in [0.2, 0.25) is 0 Å². The molecule has 1 fully saturated rings. The fourth-order valence-corrected chi connectivity index (χ4v) is 5.00. The van der Waals surface area contributed by atoms with Gasteiger partial charge in [-0.25, -0.2) is 13.6 Å². The molecule has 7 nitrogen and oxygen atoms in total. The lowest BCUT2D eigenvalue weighted by Gasteiger charge is -2.25. The van der Waals surface area contributed by atoms with Crippen LogP contribution < -0.4 is 5.14 Å². The summed E-state index contributed by atoms with van der Waals surface area (Å²) in [6.07, 6.45) is 0.364. The lowest BCUT2D eigenvalue weighted by atomic mass is 9.95. The molecule has 1 aliphatic heterocycles. The highest BCUT2D eigenvalue weighted by molar-refractivity contribution is 9.10. The first-order valence-corrected chi connectivity index (χ1v) is 13.6. The van der Waals surface area contributed by atoms with Crippen LogP contribution in [0.4, 0.5) is 0 Å². The molecule has 3 N–H and O–H groups in total. The van der Waals surface area contributed by atoms with Gasteiger partial charge in [-0.1, -0.05) is 68.3 Å². The van der Waals surface area contributed by atoms with Crippen LogP contribution in [0.25, 0.3) is 5.76 Å². The molecular formula is C25H20Br2N2O5S. The average Bonchev–Trinajstić information content (AvgIpc) is 3.08. The third-order valence-electron chi connectivity index (χ3n) is 5.74. The van der Waals surface area contributed by atoms with Crippen molar-refractivity contribution in [1.82, 2.24) is 4.90 Å². The summed E-state index contributed by atoms with van der Waals surface area (Å²) >= 11 is 6.75. The van der Waals surface area contributed by atoms with Gasteiger partial charge >= 0.3 is 0 Å². The van der Waals surface area contributed by atoms with E-state index in [-0.39, 0.29) is 22.8 Å². The lowest BCUT2D eigenvalue weighted by Crippen LogP contribution is -2.31. The number of rotatable bonds is 6. The number of nitrogens with zero attached hydrogens (tertiary/aromatic N) is 1. The number of carbonyl (C=O) groups is 2. The Bertz CT molecular complexity index is 1420. The van der Waals surface area contributed by atoms with E-state index in [0.717, 1.165) is 14.5 Å². The largest absolute Gasteiger partial charge is 0.507 e. The highest BCUT2D eigenvalue weighted by Crippen LogP contribution is 2.40. The van der Waals surface area contributed by atoms with Crippen molar-refractivity contribution in [3.05, 3.63) is 104 Å². The van der Waals surface area contributed by atoms with E-state index in [1.807, 2.05) is 0 Å². The number of halogens is 2. The number of nitrogens with two attached hydrogens (primary N) is 1. The van der Waals surface area contributed by atoms with E-state index in [4.69, 9.17) is 5.14 Å². The van der Waals surface area contributed by atoms with E-state index < -0.39 is 27.8 Å². The Morgan fingerprint density at radius 1 is 0.886 bits per heavy atom. The van der Waals surface area contributed by atoms with Crippen LogP contribution in [0.15, 0.2) is 92.2 Å². The average molecular weight is 620 g/mol. The van der Waals surface area contributed by atoms with Gasteiger partial charge in [0.1, 0.15) is 5.76 Å². The summed E-state index contributed by atoms with van der Waals surface area (Å²) in [4.78, 5) is 27.6. The molecule has 0 saturated carbocycles. The summed E-state index contributed by atoms with van der Waals surface area (Å²) in [5, 5.41) is 16.2. The van der Waals surface area contributed by atoms with Crippen molar-refractivity contribution in [1.29, 1.82) is 0 Å². The van der Waals surface area contributed by atoms with Crippen molar-refractivity contribution in [3.8, 4) is 0 Å². The highest BCUT2D eigenvalue weighted by atomic mass is 79.9. The van der Waals surface area contributed by atoms with Crippen molar-refractivity contribution in [2.45, 2.75) is 17.4 Å². The van der Waals surface area contributed by atoms with Gasteiger partial charge in [0.05, 0.1) is 16.5 Å². The third kappa shape index (κ3) is 5.40. The number of amides is 1. The summed E-state index contributed by atoms with van der Waals surface area (Å²) in [5.41, 5.74) is 1.88. The third-order valence-corrected chi connectivity index (χ3v) is 7.72. The minimum absolute atomic E-state index is 0.00828. The highest BCUT2D eigenvalue weighted by Gasteiger charge is 2.45. The standard InChI is InChI=1S/C25H20Br2N2O5S/c26-18-7-3-16(4-8-18)22-21(23(30)17-5-9-19(27)10-6-17)24(31)25(32)29(22)14-13-15-1-11-20(12-2-15)35(28,33)34/h1-12,22,30H,13-14H2,(H2,28,33,34)/t22-/m0/s1. The fraction of sp³-hybridized carbons (Fsp3) is 0.120. The summed E-state index contributed by atoms with van der Waals surface area (Å²) in [6, 6.07) is 19.3. The Balaban J connectivity index is 1.72. The zero-order valence-electron chi connectivity index (χ0n) is 18.2. The SMILES string of the molecule is NS(=O)(=O)c1ccc(CCN2C(=O)C(=O)C(=C(O)c3ccc(Br)cc3)[C@@H]2c2ccc(Br)cc2)cc1. The molecule has 3 aromatic rings. The number of likely N-dealkylation sites (tertiary alicyclic amines) is 1. The van der Waals surface area contributed by atoms with Crippen LogP contribution in [0, 0.1) is 0 Å². The fourth-order valence-electron chi connectivity index (χ4n) is 3.96. The van der Waals surface area contributed by atoms with E-state index >= 15 is 0 Å². The Hall–Kier alpha value is -2.79. The molecule has 1 saturated heterocycles. The molecule has 1 atom stereocenters. The maximum atomic E-state index is 13.1. The van der Waals surface area contributed by atoms with E-state index in [2.05, 4.69) is 31.9 Å². The number of hydrogen-bond acceptors (Lipinski definition) is 5. The summed E-state index contributed by atoms with van der Waals surface area (Å²) < 4.78 is 24.7. The molecule has 3 aromatic carbocycles. The van der Waals surface area contributed by atoms with Crippen LogP contribution >= 0.6 is 31.9 Å². The first-order chi connectivity index (χ1) is 16.6. The first kappa shape index (κ1) is 25.3. The second-order valence-electron chi connectivity index (χ2n) is 7.99. The Morgan fingerprint density at radius 2 is 1.43 bits per heavy atom. The Labute approximate surface area is 219 Å². The number of benzene rings is 3. The molecule has 0 bridgehead atoms. The van der Waals surface area contributed by atoms with Crippen molar-refractivity contribution in [2.75, 3.05) is 6.54 Å². The second kappa shape index (κ2) is 10.1. The number of Topliss-reactive ketones (excluding diaryl/α,β-unsaturated/α-hetero) is 1. The molecule has 0 radical (unpaired) electrons. The number of aliphatic hydroxyl groups excluding tert-OH is 1. The van der Waals surface area contributed by atoms with Gasteiger partial charge in [-0.2, -0.15) is 0 Å². The molecule has 0 unspecified atom stereocenters. The van der Waals surface area contributed by atoms with Crippen LogP contribution in [0.5, 0.6) is 0 Å². The van der Waals surface area contributed by atoms with Crippen LogP contribution in [0.1, 0.15) is 22.7 Å². The smallest absolute Gasteiger partial charge is 0.295 e. The zero-order chi connectivity index (χ0) is 25.3. The molecule has 35 heavy (non-hydrogen) atoms. The van der Waals surface area contributed by atoms with Crippen LogP contribution in [-0.4, -0.2) is 36.7 Å². The van der Waals surface area contributed by atoms with Gasteiger partial charge in [0.2, 0.25) is 10.0 Å². The number of ketones is 1. The molecule has 1 heterocycles. The molecule has 10 heteroatoms. The van der Waals surface area contributed by atoms with Gasteiger partial charge in [0, 0.05) is 21.1 Å². The minimum Gasteiger partial charge on any atom is -0.507 e. The van der Waals surface area contributed by atoms with Gasteiger partial charge in [0.15, 0.2) is 0 Å². The summed E-state index contributed by atoms with van der Waals surface area (Å²) in [6.45, 7) is 0.178. The van der Waals surface area contributed by atoms with Gasteiger partial charge in [-0.3, -0.25) is 9.59 Å². The van der Waals surface area contributed by atoms with Gasteiger partial charge in [-0.05, 0) is 53.9 Å². The quantitative estimate of drug-likeness (QED) is 0.239. The Morgan fingerprint density at radius 3 is 1.97 bits per heavy atom. The number of hydrogen-bond donors (Lipinski definition) is 2. The van der Waals surface area contributed by atoms with Gasteiger partial charge < -0.3 is 10.0 Å². The topological polar surface area (TPSA) is 118 Å². The van der Waals surface area contributed by atoms with E-state index in [1.165, 1.54) is 17.0 Å². The van der Waals surface area contributed by atoms with Gasteiger partial charge in [0.25, 0.3) is 11.7 Å². The summed E-state index contributed by atoms with van der Waals surface area (Å²) in [7, 11) is -3.81. The predicted molar refractivity (Wildman–Crippen MR) is 139 cm³/mol. The first-order valence-electron chi connectivity index (χ1n) is 10.5. The maximum absolute atomic E-state index is 13.1. The van der Waals surface area contributed by atoms with E-state index in [9.17, 15) is 23.1 Å². The summed E-state index contributed by atoms with van der Waals surface area (Å²) in [5.74, 6) is -1.72. The molecule has 4 rings (SSSR count).